The van der Waals surface area contributed by atoms with Crippen LogP contribution in [0.2, 0.25) is 18.1 Å². The Kier molecular flexibility index (Phi) is 4.51. The Hall–Kier alpha value is 0.0569. The molecular weight excluding hydrogens is 306 g/mol. The first-order valence-corrected chi connectivity index (χ1v) is 12.2. The summed E-state index contributed by atoms with van der Waals surface area (Å²) in [4.78, 5) is 2.63. The number of piperidine rings is 1. The smallest absolute Gasteiger partial charge is 0.192 e. The fourth-order valence-corrected chi connectivity index (χ4v) is 5.07. The van der Waals surface area contributed by atoms with Crippen molar-refractivity contribution in [2.45, 2.75) is 102 Å². The van der Waals surface area contributed by atoms with E-state index in [1.165, 1.54) is 19.3 Å². The van der Waals surface area contributed by atoms with E-state index in [0.717, 1.165) is 13.2 Å². The van der Waals surface area contributed by atoms with Gasteiger partial charge in [-0.25, -0.2) is 0 Å². The van der Waals surface area contributed by atoms with Crippen molar-refractivity contribution in [3.05, 3.63) is 0 Å². The zero-order valence-corrected chi connectivity index (χ0v) is 17.0. The summed E-state index contributed by atoms with van der Waals surface area (Å²) in [6, 6.07) is 0.866. The molecule has 0 aliphatic carbocycles. The fourth-order valence-electron chi connectivity index (χ4n) is 4.05. The lowest BCUT2D eigenvalue weighted by Gasteiger charge is -2.40. The van der Waals surface area contributed by atoms with Crippen LogP contribution in [0.4, 0.5) is 0 Å². The third-order valence-electron chi connectivity index (χ3n) is 6.36. The number of ether oxygens (including phenoxy) is 2. The largest absolute Gasteiger partial charge is 0.415 e. The van der Waals surface area contributed by atoms with E-state index in [-0.39, 0.29) is 17.2 Å². The van der Waals surface area contributed by atoms with Gasteiger partial charge in [0.15, 0.2) is 14.1 Å². The average Bonchev–Trinajstić information content (AvgIpc) is 2.86. The first-order chi connectivity index (χ1) is 10.5. The summed E-state index contributed by atoms with van der Waals surface area (Å²) in [5.74, 6) is -0.450. The van der Waals surface area contributed by atoms with Crippen molar-refractivity contribution >= 4 is 8.32 Å². The summed E-state index contributed by atoms with van der Waals surface area (Å²) in [6.45, 7) is 17.6. The SMILES string of the molecule is CC1(C)O[C@@H]2[C@H](O1)[C@H](CO[Si](C)(C)C(C)(C)C)N1CCCC[C@@H]21. The van der Waals surface area contributed by atoms with Crippen molar-refractivity contribution in [2.75, 3.05) is 13.2 Å². The zero-order chi connectivity index (χ0) is 17.0. The zero-order valence-electron chi connectivity index (χ0n) is 16.0. The first kappa shape index (κ1) is 17.9. The number of nitrogens with zero attached hydrogens (tertiary/aromatic N) is 1. The van der Waals surface area contributed by atoms with Crippen molar-refractivity contribution in [3.63, 3.8) is 0 Å². The van der Waals surface area contributed by atoms with Crippen molar-refractivity contribution in [1.29, 1.82) is 0 Å². The van der Waals surface area contributed by atoms with Crippen LogP contribution in [-0.4, -0.2) is 56.4 Å². The Bertz CT molecular complexity index is 446. The molecule has 0 radical (unpaired) electrons. The van der Waals surface area contributed by atoms with Crippen molar-refractivity contribution in [1.82, 2.24) is 4.90 Å². The minimum atomic E-state index is -1.73. The number of fused-ring (bicyclic) bond motifs is 3. The molecule has 0 spiro atoms. The van der Waals surface area contributed by atoms with Gasteiger partial charge in [0.2, 0.25) is 0 Å². The van der Waals surface area contributed by atoms with Gasteiger partial charge in [0.1, 0.15) is 12.2 Å². The second kappa shape index (κ2) is 5.80. The summed E-state index contributed by atoms with van der Waals surface area (Å²) < 4.78 is 19.1. The van der Waals surface area contributed by atoms with Gasteiger partial charge in [-0.1, -0.05) is 27.2 Å². The lowest BCUT2D eigenvalue weighted by Crippen LogP contribution is -2.50. The Labute approximate surface area is 143 Å². The van der Waals surface area contributed by atoms with Gasteiger partial charge >= 0.3 is 0 Å². The second-order valence-corrected chi connectivity index (χ2v) is 14.3. The number of hydrogen-bond donors (Lipinski definition) is 0. The van der Waals surface area contributed by atoms with Crippen LogP contribution in [0.15, 0.2) is 0 Å². The van der Waals surface area contributed by atoms with Gasteiger partial charge in [0.05, 0.1) is 12.6 Å². The molecule has 0 unspecified atom stereocenters. The van der Waals surface area contributed by atoms with E-state index in [2.05, 4.69) is 38.8 Å². The summed E-state index contributed by atoms with van der Waals surface area (Å²) in [5.41, 5.74) is 0. The molecule has 3 saturated heterocycles. The second-order valence-electron chi connectivity index (χ2n) is 9.50. The Morgan fingerprint density at radius 2 is 1.78 bits per heavy atom. The van der Waals surface area contributed by atoms with Crippen LogP contribution >= 0.6 is 0 Å². The molecule has 3 rings (SSSR count). The molecule has 5 heteroatoms. The van der Waals surface area contributed by atoms with E-state index < -0.39 is 14.1 Å². The molecule has 4 atom stereocenters. The molecule has 0 saturated carbocycles. The Morgan fingerprint density at radius 1 is 1.13 bits per heavy atom. The molecule has 3 aliphatic rings. The van der Waals surface area contributed by atoms with E-state index in [1.54, 1.807) is 0 Å². The number of hydrogen-bond acceptors (Lipinski definition) is 4. The van der Waals surface area contributed by atoms with Crippen LogP contribution in [0.1, 0.15) is 53.9 Å². The van der Waals surface area contributed by atoms with Crippen LogP contribution in [0, 0.1) is 0 Å². The van der Waals surface area contributed by atoms with Gasteiger partial charge in [-0.3, -0.25) is 4.90 Å². The predicted octanol–water partition coefficient (Wildman–Crippen LogP) is 3.77. The van der Waals surface area contributed by atoms with Gasteiger partial charge < -0.3 is 13.9 Å². The van der Waals surface area contributed by atoms with Crippen molar-refractivity contribution in [2.24, 2.45) is 0 Å². The third-order valence-corrected chi connectivity index (χ3v) is 10.9. The van der Waals surface area contributed by atoms with Gasteiger partial charge in [-0.15, -0.1) is 0 Å². The summed E-state index contributed by atoms with van der Waals surface area (Å²) in [5, 5.41) is 0.249. The lowest BCUT2D eigenvalue weighted by atomic mass is 10.0. The maximum Gasteiger partial charge on any atom is 0.192 e. The summed E-state index contributed by atoms with van der Waals surface area (Å²) in [7, 11) is -1.73. The molecule has 0 bridgehead atoms. The van der Waals surface area contributed by atoms with Gasteiger partial charge in [-0.05, 0) is 51.4 Å². The highest BCUT2D eigenvalue weighted by atomic mass is 28.4. The van der Waals surface area contributed by atoms with Crippen LogP contribution in [0.3, 0.4) is 0 Å². The van der Waals surface area contributed by atoms with Crippen LogP contribution in [-0.2, 0) is 13.9 Å². The minimum absolute atomic E-state index is 0.165. The van der Waals surface area contributed by atoms with Crippen LogP contribution in [0.25, 0.3) is 0 Å². The summed E-state index contributed by atoms with van der Waals surface area (Å²) in [6.07, 6.45) is 4.22. The Balaban J connectivity index is 1.74. The highest BCUT2D eigenvalue weighted by Gasteiger charge is 2.58. The highest BCUT2D eigenvalue weighted by molar-refractivity contribution is 6.74. The van der Waals surface area contributed by atoms with E-state index in [4.69, 9.17) is 13.9 Å². The molecule has 0 aromatic rings. The first-order valence-electron chi connectivity index (χ1n) is 9.27. The Morgan fingerprint density at radius 3 is 2.43 bits per heavy atom. The standard InChI is InChI=1S/C18H35NO3Si/c1-17(2,3)23(6,7)20-12-14-16-15(21-18(4,5)22-16)13-10-8-9-11-19(13)14/h13-16H,8-12H2,1-7H3/t13-,14-,15-,16+/m0/s1. The summed E-state index contributed by atoms with van der Waals surface area (Å²) >= 11 is 0. The maximum atomic E-state index is 6.56. The van der Waals surface area contributed by atoms with Crippen LogP contribution in [0.5, 0.6) is 0 Å². The van der Waals surface area contributed by atoms with E-state index >= 15 is 0 Å². The molecule has 3 aliphatic heterocycles. The quantitative estimate of drug-likeness (QED) is 0.731. The molecule has 3 fully saturated rings. The normalized spacial score (nSPS) is 37.7. The minimum Gasteiger partial charge on any atom is -0.415 e. The van der Waals surface area contributed by atoms with Gasteiger partial charge in [0, 0.05) is 6.04 Å². The number of rotatable bonds is 3. The molecule has 0 amide bonds. The predicted molar refractivity (Wildman–Crippen MR) is 95.1 cm³/mol. The molecule has 4 nitrogen and oxygen atoms in total. The topological polar surface area (TPSA) is 30.9 Å². The molecule has 134 valence electrons. The van der Waals surface area contributed by atoms with E-state index in [9.17, 15) is 0 Å². The van der Waals surface area contributed by atoms with E-state index in [1.807, 2.05) is 13.8 Å². The lowest BCUT2D eigenvalue weighted by molar-refractivity contribution is -0.171. The monoisotopic (exact) mass is 341 g/mol. The molecule has 0 aromatic carbocycles. The van der Waals surface area contributed by atoms with Gasteiger partial charge in [-0.2, -0.15) is 0 Å². The molecule has 0 aromatic heterocycles. The fraction of sp³-hybridized carbons (Fsp3) is 1.00. The molecule has 23 heavy (non-hydrogen) atoms. The highest BCUT2D eigenvalue weighted by Crippen LogP contribution is 2.44. The van der Waals surface area contributed by atoms with Crippen LogP contribution < -0.4 is 0 Å². The molecule has 0 N–H and O–H groups in total. The average molecular weight is 342 g/mol. The molecular formula is C18H35NO3Si. The van der Waals surface area contributed by atoms with Crippen molar-refractivity contribution < 1.29 is 13.9 Å². The third kappa shape index (κ3) is 3.27. The van der Waals surface area contributed by atoms with Crippen molar-refractivity contribution in [3.8, 4) is 0 Å². The maximum absolute atomic E-state index is 6.56. The van der Waals surface area contributed by atoms with Gasteiger partial charge in [0.25, 0.3) is 0 Å². The molecule has 3 heterocycles. The van der Waals surface area contributed by atoms with E-state index in [0.29, 0.717) is 12.1 Å².